The molecule has 0 bridgehead atoms. The molecule has 1 rings (SSSR count). The molecule has 2 heteroatoms. The fraction of sp³-hybridized carbons (Fsp3) is 0.625. The largest absolute Gasteiger partial charge is 0.157 e. The SMILES string of the molecule is C=C1CSCCCCC1=S. The van der Waals surface area contributed by atoms with Gasteiger partial charge in [0.05, 0.1) is 0 Å². The fourth-order valence-corrected chi connectivity index (χ4v) is 2.22. The van der Waals surface area contributed by atoms with Crippen molar-refractivity contribution in [3.05, 3.63) is 12.2 Å². The maximum Gasteiger partial charge on any atom is 0.0189 e. The topological polar surface area (TPSA) is 0 Å². The van der Waals surface area contributed by atoms with Crippen molar-refractivity contribution in [3.63, 3.8) is 0 Å². The molecular weight excluding hydrogens is 160 g/mol. The van der Waals surface area contributed by atoms with Gasteiger partial charge >= 0.3 is 0 Å². The molecule has 1 heterocycles. The van der Waals surface area contributed by atoms with Gasteiger partial charge in [-0.05, 0) is 30.6 Å². The first kappa shape index (κ1) is 8.28. The van der Waals surface area contributed by atoms with Crippen LogP contribution in [0.15, 0.2) is 12.2 Å². The second kappa shape index (κ2) is 4.14. The predicted octanol–water partition coefficient (Wildman–Crippen LogP) is 2.83. The first-order valence-corrected chi connectivity index (χ1v) is 5.16. The van der Waals surface area contributed by atoms with Crippen molar-refractivity contribution in [1.82, 2.24) is 0 Å². The van der Waals surface area contributed by atoms with Crippen LogP contribution in [0.4, 0.5) is 0 Å². The summed E-state index contributed by atoms with van der Waals surface area (Å²) in [5.74, 6) is 2.33. The Labute approximate surface area is 72.1 Å². The predicted molar refractivity (Wildman–Crippen MR) is 52.9 cm³/mol. The molecule has 0 atom stereocenters. The average molecular weight is 172 g/mol. The van der Waals surface area contributed by atoms with Gasteiger partial charge in [0.2, 0.25) is 0 Å². The average Bonchev–Trinajstić information content (AvgIpc) is 1.92. The van der Waals surface area contributed by atoms with E-state index in [0.29, 0.717) is 0 Å². The van der Waals surface area contributed by atoms with Gasteiger partial charge in [-0.3, -0.25) is 0 Å². The molecule has 0 aromatic heterocycles. The van der Waals surface area contributed by atoms with Crippen molar-refractivity contribution in [2.45, 2.75) is 19.3 Å². The van der Waals surface area contributed by atoms with Crippen molar-refractivity contribution in [3.8, 4) is 0 Å². The minimum atomic E-state index is 1.05. The first-order chi connectivity index (χ1) is 4.80. The van der Waals surface area contributed by atoms with Crippen LogP contribution in [0.1, 0.15) is 19.3 Å². The lowest BCUT2D eigenvalue weighted by Crippen LogP contribution is -2.04. The van der Waals surface area contributed by atoms with Crippen LogP contribution in [-0.4, -0.2) is 16.4 Å². The molecule has 1 aliphatic heterocycles. The Morgan fingerprint density at radius 1 is 1.40 bits per heavy atom. The van der Waals surface area contributed by atoms with E-state index in [9.17, 15) is 0 Å². The lowest BCUT2D eigenvalue weighted by Gasteiger charge is -2.10. The smallest absolute Gasteiger partial charge is 0.0189 e. The van der Waals surface area contributed by atoms with Crippen molar-refractivity contribution in [2.75, 3.05) is 11.5 Å². The van der Waals surface area contributed by atoms with E-state index in [1.54, 1.807) is 0 Å². The Morgan fingerprint density at radius 3 is 3.00 bits per heavy atom. The summed E-state index contributed by atoms with van der Waals surface area (Å²) in [7, 11) is 0. The van der Waals surface area contributed by atoms with E-state index in [1.165, 1.54) is 24.2 Å². The van der Waals surface area contributed by atoms with Crippen LogP contribution in [0.2, 0.25) is 0 Å². The molecule has 56 valence electrons. The zero-order chi connectivity index (χ0) is 7.40. The number of thiocarbonyl (C=S) groups is 1. The molecule has 1 fully saturated rings. The maximum atomic E-state index is 5.16. The van der Waals surface area contributed by atoms with Crippen molar-refractivity contribution < 1.29 is 0 Å². The quantitative estimate of drug-likeness (QED) is 0.407. The van der Waals surface area contributed by atoms with E-state index in [4.69, 9.17) is 12.2 Å². The van der Waals surface area contributed by atoms with Gasteiger partial charge < -0.3 is 0 Å². The summed E-state index contributed by atoms with van der Waals surface area (Å²) < 4.78 is 0. The summed E-state index contributed by atoms with van der Waals surface area (Å²) in [6, 6.07) is 0. The van der Waals surface area contributed by atoms with Crippen LogP contribution in [0, 0.1) is 0 Å². The third-order valence-electron chi connectivity index (χ3n) is 1.61. The molecule has 0 amide bonds. The highest BCUT2D eigenvalue weighted by molar-refractivity contribution is 7.99. The molecule has 0 aromatic rings. The molecule has 0 aliphatic carbocycles. The zero-order valence-electron chi connectivity index (χ0n) is 6.06. The molecule has 1 saturated heterocycles. The monoisotopic (exact) mass is 172 g/mol. The van der Waals surface area contributed by atoms with E-state index in [-0.39, 0.29) is 0 Å². The molecule has 0 unspecified atom stereocenters. The molecular formula is C8H12S2. The molecule has 1 aliphatic rings. The second-order valence-electron chi connectivity index (χ2n) is 2.54. The van der Waals surface area contributed by atoms with Gasteiger partial charge in [-0.15, -0.1) is 0 Å². The Balaban J connectivity index is 2.43. The minimum absolute atomic E-state index is 1.05. The Bertz CT molecular complexity index is 131. The van der Waals surface area contributed by atoms with Crippen LogP contribution in [0.25, 0.3) is 0 Å². The molecule has 0 spiro atoms. The van der Waals surface area contributed by atoms with Gasteiger partial charge in [-0.25, -0.2) is 0 Å². The first-order valence-electron chi connectivity index (χ1n) is 3.59. The van der Waals surface area contributed by atoms with E-state index in [2.05, 4.69) is 6.58 Å². The van der Waals surface area contributed by atoms with Gasteiger partial charge in [0.15, 0.2) is 0 Å². The van der Waals surface area contributed by atoms with Crippen LogP contribution >= 0.6 is 24.0 Å². The number of hydrogen-bond donors (Lipinski definition) is 0. The highest BCUT2D eigenvalue weighted by Crippen LogP contribution is 2.17. The summed E-state index contributed by atoms with van der Waals surface area (Å²) in [5, 5.41) is 0. The van der Waals surface area contributed by atoms with Gasteiger partial charge in [0.1, 0.15) is 0 Å². The summed E-state index contributed by atoms with van der Waals surface area (Å²) in [6.45, 7) is 3.93. The fourth-order valence-electron chi connectivity index (χ4n) is 0.942. The van der Waals surface area contributed by atoms with Crippen LogP contribution in [0.5, 0.6) is 0 Å². The van der Waals surface area contributed by atoms with Crippen LogP contribution in [0.3, 0.4) is 0 Å². The number of rotatable bonds is 0. The highest BCUT2D eigenvalue weighted by atomic mass is 32.2. The molecule has 0 aromatic carbocycles. The highest BCUT2D eigenvalue weighted by Gasteiger charge is 2.05. The van der Waals surface area contributed by atoms with Gasteiger partial charge in [0, 0.05) is 10.6 Å². The number of hydrogen-bond acceptors (Lipinski definition) is 2. The molecule has 0 radical (unpaired) electrons. The normalized spacial score (nSPS) is 22.0. The second-order valence-corrected chi connectivity index (χ2v) is 4.13. The summed E-state index contributed by atoms with van der Waals surface area (Å²) in [4.78, 5) is 1.10. The minimum Gasteiger partial charge on any atom is -0.157 e. The maximum absolute atomic E-state index is 5.16. The van der Waals surface area contributed by atoms with Crippen molar-refractivity contribution >= 4 is 28.8 Å². The standard InChI is InChI=1S/C8H12S2/c1-7-6-10-5-3-2-4-8(7)9/h1-6H2. The lowest BCUT2D eigenvalue weighted by molar-refractivity contribution is 0.846. The molecule has 10 heavy (non-hydrogen) atoms. The van der Waals surface area contributed by atoms with Gasteiger partial charge in [-0.2, -0.15) is 11.8 Å². The summed E-state index contributed by atoms with van der Waals surface area (Å²) in [5.41, 5.74) is 1.18. The Hall–Kier alpha value is 0.180. The van der Waals surface area contributed by atoms with Gasteiger partial charge in [0.25, 0.3) is 0 Å². The summed E-state index contributed by atoms with van der Waals surface area (Å²) >= 11 is 7.12. The molecule has 0 nitrogen and oxygen atoms in total. The summed E-state index contributed by atoms with van der Waals surface area (Å²) in [6.07, 6.45) is 3.66. The Morgan fingerprint density at radius 2 is 2.20 bits per heavy atom. The number of thioether (sulfide) groups is 1. The lowest BCUT2D eigenvalue weighted by atomic mass is 10.1. The van der Waals surface area contributed by atoms with Gasteiger partial charge in [-0.1, -0.05) is 18.8 Å². The molecule has 0 N–H and O–H groups in total. The van der Waals surface area contributed by atoms with Crippen LogP contribution in [-0.2, 0) is 0 Å². The third-order valence-corrected chi connectivity index (χ3v) is 3.24. The molecule has 0 saturated carbocycles. The Kier molecular flexibility index (Phi) is 3.43. The van der Waals surface area contributed by atoms with E-state index in [0.717, 1.165) is 17.0 Å². The van der Waals surface area contributed by atoms with E-state index >= 15 is 0 Å². The van der Waals surface area contributed by atoms with Crippen LogP contribution < -0.4 is 0 Å². The van der Waals surface area contributed by atoms with E-state index in [1.807, 2.05) is 11.8 Å². The van der Waals surface area contributed by atoms with Crippen molar-refractivity contribution in [1.29, 1.82) is 0 Å². The third kappa shape index (κ3) is 2.43. The zero-order valence-corrected chi connectivity index (χ0v) is 7.69. The van der Waals surface area contributed by atoms with E-state index < -0.39 is 0 Å². The van der Waals surface area contributed by atoms with Crippen molar-refractivity contribution in [2.24, 2.45) is 0 Å².